The van der Waals surface area contributed by atoms with E-state index in [1.165, 1.54) is 22.3 Å². The fourth-order valence-corrected chi connectivity index (χ4v) is 7.58. The molecular weight excluding hydrogens is 745 g/mol. The maximum Gasteiger partial charge on any atom is 0.0849 e. The number of hydrogen-bond donors (Lipinski definition) is 0. The van der Waals surface area contributed by atoms with Gasteiger partial charge in [-0.2, -0.15) is 0 Å². The van der Waals surface area contributed by atoms with Crippen LogP contribution in [0.1, 0.15) is 137 Å². The highest BCUT2D eigenvalue weighted by Gasteiger charge is 2.15. The summed E-state index contributed by atoms with van der Waals surface area (Å²) < 4.78 is 0. The Kier molecular flexibility index (Phi) is 13.3. The summed E-state index contributed by atoms with van der Waals surface area (Å²) in [6, 6.07) is 38.1. The van der Waals surface area contributed by atoms with E-state index in [9.17, 15) is 0 Å². The standard InChI is InChI=1S/C55H62N6/c1-34-29-42(30-35(2)52(34)58-40(7)50-19-15-17-48(60-50)38(5)56-46-25-21-44(22-26-46)54(9,10)11)33-43-31-36(3)53(37(4)32-43)59-41(8)51-20-16-18-49(61-51)39(6)57-47-27-23-45(24-28-47)55(12,13)14/h15-32H,33H2,1-14H3. The fourth-order valence-electron chi connectivity index (χ4n) is 7.58. The first-order valence-corrected chi connectivity index (χ1v) is 21.3. The zero-order chi connectivity index (χ0) is 44.2. The molecule has 0 aliphatic heterocycles. The van der Waals surface area contributed by atoms with Crippen LogP contribution in [0, 0.1) is 27.7 Å². The van der Waals surface area contributed by atoms with Crippen LogP contribution in [-0.4, -0.2) is 32.8 Å². The second-order valence-corrected chi connectivity index (χ2v) is 18.5. The topological polar surface area (TPSA) is 75.2 Å². The largest absolute Gasteiger partial charge is 0.252 e. The van der Waals surface area contributed by atoms with Crippen molar-refractivity contribution in [3.63, 3.8) is 0 Å². The lowest BCUT2D eigenvalue weighted by atomic mass is 9.87. The second-order valence-electron chi connectivity index (χ2n) is 18.5. The maximum atomic E-state index is 5.12. The molecule has 0 radical (unpaired) electrons. The third-order valence-corrected chi connectivity index (χ3v) is 11.1. The number of benzene rings is 4. The molecule has 0 amide bonds. The summed E-state index contributed by atoms with van der Waals surface area (Å²) >= 11 is 0. The third kappa shape index (κ3) is 11.2. The van der Waals surface area contributed by atoms with Gasteiger partial charge >= 0.3 is 0 Å². The Morgan fingerprint density at radius 1 is 0.410 bits per heavy atom. The summed E-state index contributed by atoms with van der Waals surface area (Å²) in [5.74, 6) is 0. The minimum Gasteiger partial charge on any atom is -0.252 e. The van der Waals surface area contributed by atoms with Crippen LogP contribution < -0.4 is 0 Å². The molecule has 61 heavy (non-hydrogen) atoms. The van der Waals surface area contributed by atoms with E-state index in [0.29, 0.717) is 0 Å². The van der Waals surface area contributed by atoms with Crippen LogP contribution in [0.3, 0.4) is 0 Å². The van der Waals surface area contributed by atoms with Crippen LogP contribution in [0.25, 0.3) is 0 Å². The molecule has 6 nitrogen and oxygen atoms in total. The number of aryl methyl sites for hydroxylation is 4. The van der Waals surface area contributed by atoms with E-state index < -0.39 is 0 Å². The molecule has 0 bridgehead atoms. The van der Waals surface area contributed by atoms with E-state index in [2.05, 4.69) is 142 Å². The lowest BCUT2D eigenvalue weighted by Crippen LogP contribution is -2.10. The maximum absolute atomic E-state index is 5.12. The van der Waals surface area contributed by atoms with E-state index in [1.54, 1.807) is 0 Å². The van der Waals surface area contributed by atoms with Crippen LogP contribution in [0.2, 0.25) is 0 Å². The predicted molar refractivity (Wildman–Crippen MR) is 261 cm³/mol. The van der Waals surface area contributed by atoms with Gasteiger partial charge in [-0.25, -0.2) is 9.97 Å². The van der Waals surface area contributed by atoms with Gasteiger partial charge in [0.1, 0.15) is 0 Å². The number of hydrogen-bond acceptors (Lipinski definition) is 6. The quantitative estimate of drug-likeness (QED) is 0.129. The first-order valence-electron chi connectivity index (χ1n) is 21.3. The predicted octanol–water partition coefficient (Wildman–Crippen LogP) is 14.5. The molecule has 0 atom stereocenters. The molecule has 0 aliphatic rings. The number of aromatic nitrogens is 2. The number of rotatable bonds is 10. The Hall–Kier alpha value is -6.14. The van der Waals surface area contributed by atoms with Crippen molar-refractivity contribution in [2.75, 3.05) is 0 Å². The van der Waals surface area contributed by atoms with Crippen LogP contribution in [0.5, 0.6) is 0 Å². The lowest BCUT2D eigenvalue weighted by molar-refractivity contribution is 0.590. The monoisotopic (exact) mass is 807 g/mol. The molecule has 0 N–H and O–H groups in total. The Balaban J connectivity index is 1.16. The molecule has 0 spiro atoms. The summed E-state index contributed by atoms with van der Waals surface area (Å²) in [7, 11) is 0. The van der Waals surface area contributed by atoms with Gasteiger partial charge in [-0.1, -0.05) is 102 Å². The van der Waals surface area contributed by atoms with Gasteiger partial charge in [-0.05, 0) is 166 Å². The van der Waals surface area contributed by atoms with Crippen molar-refractivity contribution in [2.24, 2.45) is 20.0 Å². The van der Waals surface area contributed by atoms with Gasteiger partial charge in [0.25, 0.3) is 0 Å². The summed E-state index contributed by atoms with van der Waals surface area (Å²) in [5.41, 5.74) is 20.5. The van der Waals surface area contributed by atoms with Crippen molar-refractivity contribution in [3.05, 3.63) is 176 Å². The highest BCUT2D eigenvalue weighted by atomic mass is 14.8. The van der Waals surface area contributed by atoms with Gasteiger partial charge < -0.3 is 0 Å². The molecular formula is C55H62N6. The van der Waals surface area contributed by atoms with E-state index in [4.69, 9.17) is 29.9 Å². The average Bonchev–Trinajstić information content (AvgIpc) is 3.20. The van der Waals surface area contributed by atoms with E-state index in [1.807, 2.05) is 64.1 Å². The van der Waals surface area contributed by atoms with E-state index in [0.717, 1.165) is 97.0 Å². The Morgan fingerprint density at radius 3 is 0.967 bits per heavy atom. The van der Waals surface area contributed by atoms with E-state index >= 15 is 0 Å². The smallest absolute Gasteiger partial charge is 0.0849 e. The zero-order valence-electron chi connectivity index (χ0n) is 38.8. The van der Waals surface area contributed by atoms with Crippen LogP contribution >= 0.6 is 0 Å². The van der Waals surface area contributed by atoms with Gasteiger partial charge in [0.05, 0.1) is 68.4 Å². The summed E-state index contributed by atoms with van der Waals surface area (Å²) in [6.07, 6.45) is 0.817. The molecule has 4 aromatic carbocycles. The van der Waals surface area contributed by atoms with Crippen molar-refractivity contribution < 1.29 is 0 Å². The van der Waals surface area contributed by atoms with Crippen molar-refractivity contribution in [2.45, 2.75) is 114 Å². The van der Waals surface area contributed by atoms with E-state index in [-0.39, 0.29) is 10.8 Å². The minimum atomic E-state index is 0.104. The molecule has 0 unspecified atom stereocenters. The third-order valence-electron chi connectivity index (χ3n) is 11.1. The molecule has 6 heteroatoms. The molecule has 2 aromatic heterocycles. The normalized spacial score (nSPS) is 13.2. The first-order chi connectivity index (χ1) is 28.7. The molecule has 2 heterocycles. The molecule has 0 saturated carbocycles. The number of aliphatic imine (C=N–C) groups is 4. The molecule has 312 valence electrons. The van der Waals surface area contributed by atoms with Crippen molar-refractivity contribution in [1.29, 1.82) is 0 Å². The van der Waals surface area contributed by atoms with Crippen molar-refractivity contribution in [1.82, 2.24) is 9.97 Å². The highest BCUT2D eigenvalue weighted by molar-refractivity contribution is 6.03. The first kappa shape index (κ1) is 44.4. The van der Waals surface area contributed by atoms with Crippen LogP contribution in [0.4, 0.5) is 22.7 Å². The van der Waals surface area contributed by atoms with Crippen molar-refractivity contribution >= 4 is 45.6 Å². The summed E-state index contributed by atoms with van der Waals surface area (Å²) in [5, 5.41) is 0. The fraction of sp³-hybridized carbons (Fsp3) is 0.309. The van der Waals surface area contributed by atoms with Gasteiger partial charge in [0.15, 0.2) is 0 Å². The van der Waals surface area contributed by atoms with Crippen molar-refractivity contribution in [3.8, 4) is 0 Å². The van der Waals surface area contributed by atoms with Gasteiger partial charge in [0.2, 0.25) is 0 Å². The number of pyridine rings is 2. The van der Waals surface area contributed by atoms with Gasteiger partial charge in [-0.3, -0.25) is 20.0 Å². The Labute approximate surface area is 364 Å². The molecule has 0 aliphatic carbocycles. The highest BCUT2D eigenvalue weighted by Crippen LogP contribution is 2.31. The number of nitrogens with zero attached hydrogens (tertiary/aromatic N) is 6. The van der Waals surface area contributed by atoms with Gasteiger partial charge in [0, 0.05) is 0 Å². The van der Waals surface area contributed by atoms with Crippen LogP contribution in [-0.2, 0) is 17.3 Å². The SMILES string of the molecule is CC(=Nc1ccc(C(C)(C)C)cc1)c1cccc(C(C)=Nc2c(C)cc(Cc3cc(C)c(N=C(C)c4cccc(C(C)=Nc5ccc(C(C)(C)C)cc5)n4)c(C)c3)cc2C)n1. The van der Waals surface area contributed by atoms with Gasteiger partial charge in [-0.15, -0.1) is 0 Å². The van der Waals surface area contributed by atoms with Crippen LogP contribution in [0.15, 0.2) is 129 Å². The Bertz CT molecular complexity index is 2450. The lowest BCUT2D eigenvalue weighted by Gasteiger charge is -2.18. The Morgan fingerprint density at radius 2 is 0.689 bits per heavy atom. The molecule has 0 fully saturated rings. The minimum absolute atomic E-state index is 0.104. The zero-order valence-corrected chi connectivity index (χ0v) is 38.8. The average molecular weight is 807 g/mol. The summed E-state index contributed by atoms with van der Waals surface area (Å²) in [4.78, 5) is 29.9. The summed E-state index contributed by atoms with van der Waals surface area (Å²) in [6.45, 7) is 30.0. The molecule has 6 aromatic rings. The second kappa shape index (κ2) is 18.2. The molecule has 0 saturated heterocycles. The molecule has 6 rings (SSSR count).